The van der Waals surface area contributed by atoms with Gasteiger partial charge >= 0.3 is 0 Å². The van der Waals surface area contributed by atoms with Gasteiger partial charge in [0, 0.05) is 12.1 Å². The maximum atomic E-state index is 13.0. The molecule has 0 atom stereocenters. The van der Waals surface area contributed by atoms with Crippen LogP contribution in [0.15, 0.2) is 47.5 Å². The number of hydrogen-bond acceptors (Lipinski definition) is 4. The van der Waals surface area contributed by atoms with E-state index in [1.807, 2.05) is 0 Å². The quantitative estimate of drug-likeness (QED) is 0.679. The van der Waals surface area contributed by atoms with Crippen molar-refractivity contribution >= 4 is 34.1 Å². The molecule has 1 amide bonds. The smallest absolute Gasteiger partial charge is 0.263 e. The molecule has 0 aliphatic heterocycles. The Morgan fingerprint density at radius 2 is 2.00 bits per heavy atom. The highest BCUT2D eigenvalue weighted by Crippen LogP contribution is 2.25. The first kappa shape index (κ1) is 19.9. The van der Waals surface area contributed by atoms with Crippen molar-refractivity contribution in [3.8, 4) is 5.75 Å². The minimum absolute atomic E-state index is 0.0803. The Bertz CT molecular complexity index is 1100. The van der Waals surface area contributed by atoms with Gasteiger partial charge in [-0.05, 0) is 42.2 Å². The number of amides is 1. The van der Waals surface area contributed by atoms with E-state index < -0.39 is 5.91 Å². The van der Waals surface area contributed by atoms with E-state index in [1.54, 1.807) is 29.1 Å². The second-order valence-corrected chi connectivity index (χ2v) is 8.28. The number of hydrogen-bond donors (Lipinski definition) is 2. The Morgan fingerprint density at radius 1 is 1.25 bits per heavy atom. The van der Waals surface area contributed by atoms with Gasteiger partial charge in [-0.25, -0.2) is 4.98 Å². The molecular weight excluding hydrogens is 378 g/mol. The number of fused-ring (bicyclic) bond motifs is 1. The molecule has 0 bridgehead atoms. The number of phenolic OH excluding ortho intramolecular Hbond substituents is 1. The summed E-state index contributed by atoms with van der Waals surface area (Å²) in [6.45, 7) is 6.88. The molecule has 0 saturated carbocycles. The summed E-state index contributed by atoms with van der Waals surface area (Å²) in [7, 11) is 0. The van der Waals surface area contributed by atoms with Crippen LogP contribution in [0, 0.1) is 5.41 Å². The zero-order chi connectivity index (χ0) is 20.5. The maximum absolute atomic E-state index is 13.0. The molecule has 0 aliphatic carbocycles. The fourth-order valence-corrected chi connectivity index (χ4v) is 2.94. The van der Waals surface area contributed by atoms with Crippen molar-refractivity contribution in [3.63, 3.8) is 0 Å². The minimum atomic E-state index is -0.432. The van der Waals surface area contributed by atoms with E-state index in [9.17, 15) is 14.7 Å². The van der Waals surface area contributed by atoms with Crippen LogP contribution in [0.4, 0.5) is 5.69 Å². The van der Waals surface area contributed by atoms with E-state index in [4.69, 9.17) is 11.6 Å². The van der Waals surface area contributed by atoms with Crippen LogP contribution in [0.5, 0.6) is 5.75 Å². The standard InChI is InChI=1S/C21H22ClN3O3/c1-21(2,3)9-10-25-12-23-15-5-4-6-16(18(15)20(25)28)24-19(27)13-7-8-17(26)14(22)11-13/h4-8,11-12,26H,9-10H2,1-3H3,(H,24,27). The van der Waals surface area contributed by atoms with E-state index in [0.717, 1.165) is 6.42 Å². The van der Waals surface area contributed by atoms with Gasteiger partial charge in [0.25, 0.3) is 11.5 Å². The third kappa shape index (κ3) is 4.34. The predicted molar refractivity (Wildman–Crippen MR) is 111 cm³/mol. The average Bonchev–Trinajstić information content (AvgIpc) is 2.62. The van der Waals surface area contributed by atoms with Crippen LogP contribution in [-0.4, -0.2) is 20.6 Å². The van der Waals surface area contributed by atoms with Crippen LogP contribution in [-0.2, 0) is 6.54 Å². The van der Waals surface area contributed by atoms with E-state index in [2.05, 4.69) is 31.1 Å². The van der Waals surface area contributed by atoms with Crippen LogP contribution >= 0.6 is 11.6 Å². The molecule has 7 heteroatoms. The molecule has 1 heterocycles. The molecule has 146 valence electrons. The Labute approximate surface area is 167 Å². The van der Waals surface area contributed by atoms with Crippen LogP contribution in [0.2, 0.25) is 5.02 Å². The number of benzene rings is 2. The summed E-state index contributed by atoms with van der Waals surface area (Å²) in [5, 5.41) is 12.7. The van der Waals surface area contributed by atoms with Gasteiger partial charge in [0.05, 0.1) is 27.9 Å². The highest BCUT2D eigenvalue weighted by atomic mass is 35.5. The highest BCUT2D eigenvalue weighted by molar-refractivity contribution is 6.32. The van der Waals surface area contributed by atoms with Gasteiger partial charge in [-0.3, -0.25) is 14.2 Å². The Kier molecular flexibility index (Phi) is 5.42. The highest BCUT2D eigenvalue weighted by Gasteiger charge is 2.15. The molecule has 1 aromatic heterocycles. The lowest BCUT2D eigenvalue weighted by molar-refractivity contribution is 0.102. The number of nitrogens with one attached hydrogen (secondary N) is 1. The van der Waals surface area contributed by atoms with Gasteiger partial charge < -0.3 is 10.4 Å². The number of aromatic hydroxyl groups is 1. The number of aromatic nitrogens is 2. The van der Waals surface area contributed by atoms with E-state index in [0.29, 0.717) is 23.1 Å². The lowest BCUT2D eigenvalue weighted by atomic mass is 9.92. The maximum Gasteiger partial charge on any atom is 0.263 e. The number of carbonyl (C=O) groups is 1. The lowest BCUT2D eigenvalue weighted by Crippen LogP contribution is -2.24. The van der Waals surface area contributed by atoms with Crippen LogP contribution < -0.4 is 10.9 Å². The van der Waals surface area contributed by atoms with E-state index >= 15 is 0 Å². The summed E-state index contributed by atoms with van der Waals surface area (Å²) in [5.74, 6) is -0.534. The number of anilines is 1. The summed E-state index contributed by atoms with van der Waals surface area (Å²) in [6.07, 6.45) is 2.36. The average molecular weight is 400 g/mol. The van der Waals surface area contributed by atoms with Gasteiger partial charge in [-0.1, -0.05) is 38.4 Å². The van der Waals surface area contributed by atoms with Crippen molar-refractivity contribution in [1.29, 1.82) is 0 Å². The molecule has 2 aromatic carbocycles. The van der Waals surface area contributed by atoms with Crippen molar-refractivity contribution in [3.05, 3.63) is 63.7 Å². The third-order valence-electron chi connectivity index (χ3n) is 4.41. The molecule has 3 rings (SSSR count). The largest absolute Gasteiger partial charge is 0.506 e. The molecule has 6 nitrogen and oxygen atoms in total. The monoisotopic (exact) mass is 399 g/mol. The van der Waals surface area contributed by atoms with Crippen molar-refractivity contribution in [1.82, 2.24) is 9.55 Å². The SMILES string of the molecule is CC(C)(C)CCn1cnc2cccc(NC(=O)c3ccc(O)c(Cl)c3)c2c1=O. The molecule has 0 fully saturated rings. The van der Waals surface area contributed by atoms with Gasteiger partial charge in [0.1, 0.15) is 5.75 Å². The van der Waals surface area contributed by atoms with Crippen LogP contribution in [0.3, 0.4) is 0 Å². The van der Waals surface area contributed by atoms with Crippen LogP contribution in [0.25, 0.3) is 10.9 Å². The first-order valence-corrected chi connectivity index (χ1v) is 9.31. The Balaban J connectivity index is 1.97. The summed E-state index contributed by atoms with van der Waals surface area (Å²) in [6, 6.07) is 9.31. The number of aryl methyl sites for hydroxylation is 1. The van der Waals surface area contributed by atoms with Crippen molar-refractivity contribution in [2.45, 2.75) is 33.7 Å². The molecule has 0 radical (unpaired) electrons. The minimum Gasteiger partial charge on any atom is -0.506 e. The van der Waals surface area contributed by atoms with Gasteiger partial charge in [0.2, 0.25) is 0 Å². The summed E-state index contributed by atoms with van der Waals surface area (Å²) in [4.78, 5) is 30.0. The molecule has 0 saturated heterocycles. The number of carbonyl (C=O) groups excluding carboxylic acids is 1. The fourth-order valence-electron chi connectivity index (χ4n) is 2.76. The summed E-state index contributed by atoms with van der Waals surface area (Å²) in [5.41, 5.74) is 1.05. The fraction of sp³-hybridized carbons (Fsp3) is 0.286. The second kappa shape index (κ2) is 7.64. The van der Waals surface area contributed by atoms with Gasteiger partial charge in [-0.2, -0.15) is 0 Å². The zero-order valence-corrected chi connectivity index (χ0v) is 16.7. The Hall–Kier alpha value is -2.86. The van der Waals surface area contributed by atoms with Crippen LogP contribution in [0.1, 0.15) is 37.6 Å². The van der Waals surface area contributed by atoms with Gasteiger partial charge in [-0.15, -0.1) is 0 Å². The molecule has 3 aromatic rings. The second-order valence-electron chi connectivity index (χ2n) is 7.87. The predicted octanol–water partition coefficient (Wildman–Crippen LogP) is 4.44. The molecule has 0 aliphatic rings. The lowest BCUT2D eigenvalue weighted by Gasteiger charge is -2.18. The molecule has 0 unspecified atom stereocenters. The van der Waals surface area contributed by atoms with Gasteiger partial charge in [0.15, 0.2) is 0 Å². The van der Waals surface area contributed by atoms with Crippen molar-refractivity contribution < 1.29 is 9.90 Å². The normalized spacial score (nSPS) is 11.6. The third-order valence-corrected chi connectivity index (χ3v) is 4.72. The molecular formula is C21H22ClN3O3. The molecule has 2 N–H and O–H groups in total. The summed E-state index contributed by atoms with van der Waals surface area (Å²) < 4.78 is 1.57. The van der Waals surface area contributed by atoms with Crippen molar-refractivity contribution in [2.24, 2.45) is 5.41 Å². The Morgan fingerprint density at radius 3 is 2.68 bits per heavy atom. The zero-order valence-electron chi connectivity index (χ0n) is 16.0. The molecule has 0 spiro atoms. The summed E-state index contributed by atoms with van der Waals surface area (Å²) >= 11 is 5.88. The first-order chi connectivity index (χ1) is 13.2. The van der Waals surface area contributed by atoms with E-state index in [-0.39, 0.29) is 27.3 Å². The number of nitrogens with zero attached hydrogens (tertiary/aromatic N) is 2. The first-order valence-electron chi connectivity index (χ1n) is 8.94. The number of phenols is 1. The molecule has 28 heavy (non-hydrogen) atoms. The van der Waals surface area contributed by atoms with Crippen molar-refractivity contribution in [2.75, 3.05) is 5.32 Å². The number of halogens is 1. The number of rotatable bonds is 4. The van der Waals surface area contributed by atoms with E-state index in [1.165, 1.54) is 18.2 Å². The topological polar surface area (TPSA) is 84.2 Å².